The van der Waals surface area contributed by atoms with E-state index in [2.05, 4.69) is 10.2 Å². The third-order valence-corrected chi connectivity index (χ3v) is 4.58. The molecule has 0 bridgehead atoms. The number of nitrogens with two attached hydrogens (primary N) is 1. The van der Waals surface area contributed by atoms with Crippen molar-refractivity contribution in [1.82, 2.24) is 10.2 Å². The molecule has 1 atom stereocenters. The first kappa shape index (κ1) is 16.6. The Morgan fingerprint density at radius 3 is 2.64 bits per heavy atom. The molecule has 0 aliphatic carbocycles. The summed E-state index contributed by atoms with van der Waals surface area (Å²) in [6.07, 6.45) is 0.652. The molecular weight excluding hydrogens is 302 g/mol. The van der Waals surface area contributed by atoms with Gasteiger partial charge in [0.25, 0.3) is 0 Å². The molecule has 0 spiro atoms. The summed E-state index contributed by atoms with van der Waals surface area (Å²) >= 11 is 0. The minimum absolute atomic E-state index is 0.163. The maximum atomic E-state index is 12.3. The van der Waals surface area contributed by atoms with E-state index < -0.39 is 15.9 Å². The van der Waals surface area contributed by atoms with Crippen molar-refractivity contribution in [1.29, 1.82) is 0 Å². The van der Waals surface area contributed by atoms with Crippen molar-refractivity contribution < 1.29 is 12.8 Å². The molecule has 0 saturated heterocycles. The van der Waals surface area contributed by atoms with Crippen LogP contribution in [0.1, 0.15) is 43.3 Å². The van der Waals surface area contributed by atoms with Crippen molar-refractivity contribution in [2.45, 2.75) is 44.2 Å². The van der Waals surface area contributed by atoms with Crippen molar-refractivity contribution in [3.05, 3.63) is 41.3 Å². The highest BCUT2D eigenvalue weighted by Crippen LogP contribution is 2.21. The van der Waals surface area contributed by atoms with Crippen molar-refractivity contribution in [2.24, 2.45) is 11.7 Å². The van der Waals surface area contributed by atoms with E-state index in [-0.39, 0.29) is 16.9 Å². The van der Waals surface area contributed by atoms with E-state index in [0.717, 1.165) is 5.56 Å². The largest absolute Gasteiger partial charge is 0.411 e. The van der Waals surface area contributed by atoms with E-state index in [1.807, 2.05) is 39.0 Å². The van der Waals surface area contributed by atoms with Gasteiger partial charge in [-0.25, -0.2) is 8.42 Å². The molecule has 0 amide bonds. The number of sulfone groups is 1. The molecule has 0 fully saturated rings. The van der Waals surface area contributed by atoms with Crippen LogP contribution in [0.5, 0.6) is 0 Å². The lowest BCUT2D eigenvalue weighted by Gasteiger charge is -2.08. The normalized spacial score (nSPS) is 13.5. The molecule has 0 radical (unpaired) electrons. The minimum Gasteiger partial charge on any atom is -0.411 e. The average molecular weight is 323 g/mol. The van der Waals surface area contributed by atoms with E-state index in [9.17, 15) is 8.42 Å². The Morgan fingerprint density at radius 2 is 2.00 bits per heavy atom. The van der Waals surface area contributed by atoms with Crippen LogP contribution in [0.25, 0.3) is 0 Å². The second kappa shape index (κ2) is 6.58. The van der Waals surface area contributed by atoms with Crippen LogP contribution >= 0.6 is 0 Å². The predicted octanol–water partition coefficient (Wildman–Crippen LogP) is 2.40. The van der Waals surface area contributed by atoms with Gasteiger partial charge in [-0.05, 0) is 24.8 Å². The SMILES string of the molecule is Cc1cccc(CS(=O)(=O)c2nnc(C(N)CC(C)C)o2)c1. The highest BCUT2D eigenvalue weighted by molar-refractivity contribution is 7.90. The quantitative estimate of drug-likeness (QED) is 0.876. The fourth-order valence-corrected chi connectivity index (χ4v) is 3.31. The molecule has 7 heteroatoms. The van der Waals surface area contributed by atoms with Crippen LogP contribution in [0.15, 0.2) is 33.9 Å². The summed E-state index contributed by atoms with van der Waals surface area (Å²) in [5, 5.41) is 7.05. The molecule has 120 valence electrons. The standard InChI is InChI=1S/C15H21N3O3S/c1-10(2)7-13(16)14-17-18-15(21-14)22(19,20)9-12-6-4-5-11(3)8-12/h4-6,8,10,13H,7,9,16H2,1-3H3. The summed E-state index contributed by atoms with van der Waals surface area (Å²) in [5.74, 6) is 0.348. The predicted molar refractivity (Wildman–Crippen MR) is 82.8 cm³/mol. The highest BCUT2D eigenvalue weighted by Gasteiger charge is 2.25. The lowest BCUT2D eigenvalue weighted by molar-refractivity contribution is 0.352. The lowest BCUT2D eigenvalue weighted by atomic mass is 10.1. The van der Waals surface area contributed by atoms with Crippen molar-refractivity contribution in [2.75, 3.05) is 0 Å². The summed E-state index contributed by atoms with van der Waals surface area (Å²) in [6, 6.07) is 6.85. The van der Waals surface area contributed by atoms with Gasteiger partial charge in [0.2, 0.25) is 15.7 Å². The van der Waals surface area contributed by atoms with Gasteiger partial charge >= 0.3 is 5.22 Å². The maximum absolute atomic E-state index is 12.3. The van der Waals surface area contributed by atoms with Crippen molar-refractivity contribution in [3.63, 3.8) is 0 Å². The molecule has 1 heterocycles. The van der Waals surface area contributed by atoms with Crippen LogP contribution < -0.4 is 5.73 Å². The number of rotatable bonds is 6. The zero-order chi connectivity index (χ0) is 16.3. The summed E-state index contributed by atoms with van der Waals surface area (Å²) in [6.45, 7) is 5.95. The van der Waals surface area contributed by atoms with E-state index in [4.69, 9.17) is 10.2 Å². The Balaban J connectivity index is 2.18. The van der Waals surface area contributed by atoms with Gasteiger partial charge in [0.15, 0.2) is 0 Å². The van der Waals surface area contributed by atoms with Gasteiger partial charge < -0.3 is 10.2 Å². The number of nitrogens with zero attached hydrogens (tertiary/aromatic N) is 2. The molecule has 0 aliphatic heterocycles. The third kappa shape index (κ3) is 4.14. The van der Waals surface area contributed by atoms with E-state index in [1.165, 1.54) is 0 Å². The van der Waals surface area contributed by atoms with Gasteiger partial charge in [0.05, 0.1) is 11.8 Å². The zero-order valence-corrected chi connectivity index (χ0v) is 13.8. The molecule has 2 N–H and O–H groups in total. The molecule has 1 aromatic heterocycles. The molecule has 1 unspecified atom stereocenters. The first-order valence-corrected chi connectivity index (χ1v) is 8.80. The Bertz CT molecular complexity index is 738. The summed E-state index contributed by atoms with van der Waals surface area (Å²) in [5.41, 5.74) is 7.62. The Labute approximate surface area is 130 Å². The monoisotopic (exact) mass is 323 g/mol. The van der Waals surface area contributed by atoms with Crippen LogP contribution in [0.2, 0.25) is 0 Å². The fourth-order valence-electron chi connectivity index (χ4n) is 2.19. The molecule has 2 rings (SSSR count). The van der Waals surface area contributed by atoms with E-state index in [1.54, 1.807) is 6.07 Å². The van der Waals surface area contributed by atoms with Crippen LogP contribution in [-0.4, -0.2) is 18.6 Å². The van der Waals surface area contributed by atoms with Gasteiger partial charge in [-0.2, -0.15) is 0 Å². The van der Waals surface area contributed by atoms with Crippen molar-refractivity contribution in [3.8, 4) is 0 Å². The first-order chi connectivity index (χ1) is 10.3. The number of benzene rings is 1. The molecule has 22 heavy (non-hydrogen) atoms. The van der Waals surface area contributed by atoms with Gasteiger partial charge in [-0.3, -0.25) is 0 Å². The van der Waals surface area contributed by atoms with Crippen LogP contribution in [-0.2, 0) is 15.6 Å². The van der Waals surface area contributed by atoms with E-state index >= 15 is 0 Å². The number of hydrogen-bond donors (Lipinski definition) is 1. The number of aromatic nitrogens is 2. The van der Waals surface area contributed by atoms with Crippen molar-refractivity contribution >= 4 is 9.84 Å². The smallest absolute Gasteiger partial charge is 0.335 e. The number of hydrogen-bond acceptors (Lipinski definition) is 6. The van der Waals surface area contributed by atoms with Crippen LogP contribution in [0.4, 0.5) is 0 Å². The second-order valence-electron chi connectivity index (χ2n) is 5.89. The first-order valence-electron chi connectivity index (χ1n) is 7.15. The van der Waals surface area contributed by atoms with Gasteiger partial charge in [0, 0.05) is 0 Å². The Morgan fingerprint density at radius 1 is 1.27 bits per heavy atom. The molecule has 6 nitrogen and oxygen atoms in total. The average Bonchev–Trinajstić information content (AvgIpc) is 2.87. The molecule has 2 aromatic rings. The highest BCUT2D eigenvalue weighted by atomic mass is 32.2. The zero-order valence-electron chi connectivity index (χ0n) is 13.0. The molecule has 1 aromatic carbocycles. The third-order valence-electron chi connectivity index (χ3n) is 3.17. The Kier molecular flexibility index (Phi) is 4.97. The molecule has 0 aliphatic rings. The Hall–Kier alpha value is -1.73. The van der Waals surface area contributed by atoms with Crippen LogP contribution in [0.3, 0.4) is 0 Å². The maximum Gasteiger partial charge on any atom is 0.335 e. The van der Waals surface area contributed by atoms with E-state index in [0.29, 0.717) is 17.9 Å². The van der Waals surface area contributed by atoms with Gasteiger partial charge in [0.1, 0.15) is 0 Å². The fraction of sp³-hybridized carbons (Fsp3) is 0.467. The molecule has 0 saturated carbocycles. The lowest BCUT2D eigenvalue weighted by Crippen LogP contribution is -2.13. The summed E-state index contributed by atoms with van der Waals surface area (Å²) in [4.78, 5) is 0. The topological polar surface area (TPSA) is 99.1 Å². The minimum atomic E-state index is -3.67. The van der Waals surface area contributed by atoms with Crippen LogP contribution in [0, 0.1) is 12.8 Å². The second-order valence-corrected chi connectivity index (χ2v) is 7.76. The summed E-state index contributed by atoms with van der Waals surface area (Å²) < 4.78 is 29.9. The summed E-state index contributed by atoms with van der Waals surface area (Å²) in [7, 11) is -3.67. The number of aryl methyl sites for hydroxylation is 1. The van der Waals surface area contributed by atoms with Gasteiger partial charge in [-0.1, -0.05) is 48.8 Å². The van der Waals surface area contributed by atoms with Gasteiger partial charge in [-0.15, -0.1) is 5.10 Å². The molecular formula is C15H21N3O3S.